The lowest BCUT2D eigenvalue weighted by Gasteiger charge is -2.25. The highest BCUT2D eigenvalue weighted by molar-refractivity contribution is 5.53. The van der Waals surface area contributed by atoms with Crippen LogP contribution in [0.1, 0.15) is 35.7 Å². The average molecular weight is 259 g/mol. The Morgan fingerprint density at radius 1 is 1.42 bits per heavy atom. The van der Waals surface area contributed by atoms with Crippen molar-refractivity contribution in [2.75, 3.05) is 5.32 Å². The van der Waals surface area contributed by atoms with Crippen molar-refractivity contribution >= 4 is 5.69 Å². The van der Waals surface area contributed by atoms with Crippen molar-refractivity contribution in [2.24, 2.45) is 7.05 Å². The Kier molecular flexibility index (Phi) is 3.01. The second-order valence-corrected chi connectivity index (χ2v) is 5.19. The van der Waals surface area contributed by atoms with Crippen molar-refractivity contribution in [1.29, 1.82) is 0 Å². The van der Waals surface area contributed by atoms with Crippen molar-refractivity contribution in [3.63, 3.8) is 0 Å². The summed E-state index contributed by atoms with van der Waals surface area (Å²) in [4.78, 5) is 0. The van der Waals surface area contributed by atoms with E-state index < -0.39 is 0 Å². The molecule has 0 amide bonds. The van der Waals surface area contributed by atoms with E-state index in [-0.39, 0.29) is 11.9 Å². The van der Waals surface area contributed by atoms with Crippen LogP contribution < -0.4 is 5.32 Å². The number of fused-ring (bicyclic) bond motifs is 1. The Morgan fingerprint density at radius 3 is 3.05 bits per heavy atom. The molecule has 3 nitrogen and oxygen atoms in total. The van der Waals surface area contributed by atoms with Gasteiger partial charge in [0.2, 0.25) is 0 Å². The van der Waals surface area contributed by atoms with Crippen LogP contribution in [0.15, 0.2) is 24.4 Å². The zero-order chi connectivity index (χ0) is 13.4. The Hall–Kier alpha value is -1.84. The summed E-state index contributed by atoms with van der Waals surface area (Å²) < 4.78 is 15.8. The number of hydrogen-bond donors (Lipinski definition) is 1. The van der Waals surface area contributed by atoms with Crippen LogP contribution >= 0.6 is 0 Å². The zero-order valence-corrected chi connectivity index (χ0v) is 11.3. The first-order valence-electron chi connectivity index (χ1n) is 6.69. The standard InChI is InChI=1S/C15H18FN3/c1-10-5-3-6-12(16)15(10)18-13-7-4-8-14-11(13)9-17-19(14)2/h3,5-6,9,13,18H,4,7-8H2,1-2H3. The van der Waals surface area contributed by atoms with Gasteiger partial charge in [-0.2, -0.15) is 5.10 Å². The quantitative estimate of drug-likeness (QED) is 0.896. The number of benzene rings is 1. The number of anilines is 1. The third kappa shape index (κ3) is 2.11. The van der Waals surface area contributed by atoms with Gasteiger partial charge in [0.25, 0.3) is 0 Å². The Labute approximate surface area is 112 Å². The van der Waals surface area contributed by atoms with Gasteiger partial charge >= 0.3 is 0 Å². The van der Waals surface area contributed by atoms with E-state index in [2.05, 4.69) is 10.4 Å². The van der Waals surface area contributed by atoms with Crippen molar-refractivity contribution in [3.8, 4) is 0 Å². The summed E-state index contributed by atoms with van der Waals surface area (Å²) in [6, 6.07) is 5.33. The summed E-state index contributed by atoms with van der Waals surface area (Å²) in [5.41, 5.74) is 4.02. The van der Waals surface area contributed by atoms with Crippen LogP contribution in [0.5, 0.6) is 0 Å². The molecule has 19 heavy (non-hydrogen) atoms. The summed E-state index contributed by atoms with van der Waals surface area (Å²) >= 11 is 0. The predicted molar refractivity (Wildman–Crippen MR) is 73.6 cm³/mol. The molecule has 0 aliphatic heterocycles. The Bertz CT molecular complexity index is 583. The summed E-state index contributed by atoms with van der Waals surface area (Å²) in [5.74, 6) is -0.184. The molecule has 0 fully saturated rings. The molecule has 1 aromatic heterocycles. The third-order valence-electron chi connectivity index (χ3n) is 3.92. The van der Waals surface area contributed by atoms with E-state index >= 15 is 0 Å². The van der Waals surface area contributed by atoms with Crippen molar-refractivity contribution in [1.82, 2.24) is 9.78 Å². The molecule has 100 valence electrons. The fourth-order valence-corrected chi connectivity index (χ4v) is 2.85. The van der Waals surface area contributed by atoms with E-state index in [1.54, 1.807) is 6.07 Å². The number of aryl methyl sites for hydroxylation is 2. The second-order valence-electron chi connectivity index (χ2n) is 5.19. The first-order valence-corrected chi connectivity index (χ1v) is 6.69. The van der Waals surface area contributed by atoms with Gasteiger partial charge < -0.3 is 5.32 Å². The molecule has 1 atom stereocenters. The van der Waals surface area contributed by atoms with Crippen LogP contribution in [-0.2, 0) is 13.5 Å². The van der Waals surface area contributed by atoms with Gasteiger partial charge in [-0.25, -0.2) is 4.39 Å². The second kappa shape index (κ2) is 4.68. The van der Waals surface area contributed by atoms with Crippen LogP contribution in [0.2, 0.25) is 0 Å². The third-order valence-corrected chi connectivity index (χ3v) is 3.92. The number of halogens is 1. The van der Waals surface area contributed by atoms with Gasteiger partial charge in [-0.05, 0) is 37.8 Å². The van der Waals surface area contributed by atoms with E-state index in [4.69, 9.17) is 0 Å². The molecule has 3 rings (SSSR count). The molecule has 0 saturated heterocycles. The number of nitrogens with zero attached hydrogens (tertiary/aromatic N) is 2. The fraction of sp³-hybridized carbons (Fsp3) is 0.400. The molecule has 1 aliphatic carbocycles. The molecule has 1 unspecified atom stereocenters. The van der Waals surface area contributed by atoms with Crippen LogP contribution in [0.25, 0.3) is 0 Å². The van der Waals surface area contributed by atoms with E-state index in [9.17, 15) is 4.39 Å². The molecule has 0 radical (unpaired) electrons. The summed E-state index contributed by atoms with van der Waals surface area (Å²) in [6.07, 6.45) is 5.09. The minimum atomic E-state index is -0.184. The molecule has 0 bridgehead atoms. The highest BCUT2D eigenvalue weighted by Gasteiger charge is 2.24. The van der Waals surface area contributed by atoms with Gasteiger partial charge in [0.15, 0.2) is 0 Å². The van der Waals surface area contributed by atoms with Gasteiger partial charge in [-0.1, -0.05) is 12.1 Å². The largest absolute Gasteiger partial charge is 0.376 e. The zero-order valence-electron chi connectivity index (χ0n) is 11.3. The highest BCUT2D eigenvalue weighted by Crippen LogP contribution is 2.33. The molecular weight excluding hydrogens is 241 g/mol. The highest BCUT2D eigenvalue weighted by atomic mass is 19.1. The summed E-state index contributed by atoms with van der Waals surface area (Å²) in [5, 5.41) is 7.68. The fourth-order valence-electron chi connectivity index (χ4n) is 2.85. The molecule has 1 heterocycles. The lowest BCUT2D eigenvalue weighted by molar-refractivity contribution is 0.564. The average Bonchev–Trinajstić information content (AvgIpc) is 2.77. The SMILES string of the molecule is Cc1cccc(F)c1NC1CCCc2c1cnn2C. The smallest absolute Gasteiger partial charge is 0.146 e. The number of nitrogens with one attached hydrogen (secondary N) is 1. The van der Waals surface area contributed by atoms with Crippen LogP contribution in [0, 0.1) is 12.7 Å². The van der Waals surface area contributed by atoms with Crippen LogP contribution in [-0.4, -0.2) is 9.78 Å². The van der Waals surface area contributed by atoms with Gasteiger partial charge in [-0.15, -0.1) is 0 Å². The van der Waals surface area contributed by atoms with Crippen molar-refractivity contribution < 1.29 is 4.39 Å². The normalized spacial score (nSPS) is 18.2. The van der Waals surface area contributed by atoms with E-state index in [0.717, 1.165) is 24.8 Å². The van der Waals surface area contributed by atoms with E-state index in [1.807, 2.05) is 30.9 Å². The number of aromatic nitrogens is 2. The molecule has 2 aromatic rings. The van der Waals surface area contributed by atoms with Crippen LogP contribution in [0.4, 0.5) is 10.1 Å². The number of hydrogen-bond acceptors (Lipinski definition) is 2. The molecule has 0 saturated carbocycles. The molecule has 0 spiro atoms. The lowest BCUT2D eigenvalue weighted by atomic mass is 9.92. The Balaban J connectivity index is 1.93. The van der Waals surface area contributed by atoms with E-state index in [1.165, 1.54) is 17.3 Å². The van der Waals surface area contributed by atoms with Gasteiger partial charge in [0.05, 0.1) is 17.9 Å². The van der Waals surface area contributed by atoms with Gasteiger partial charge in [0, 0.05) is 18.3 Å². The lowest BCUT2D eigenvalue weighted by Crippen LogP contribution is -2.18. The van der Waals surface area contributed by atoms with E-state index in [0.29, 0.717) is 5.69 Å². The number of rotatable bonds is 2. The first kappa shape index (κ1) is 12.2. The molecule has 1 aromatic carbocycles. The molecule has 1 aliphatic rings. The Morgan fingerprint density at radius 2 is 2.26 bits per heavy atom. The molecular formula is C15H18FN3. The maximum Gasteiger partial charge on any atom is 0.146 e. The first-order chi connectivity index (χ1) is 9.16. The topological polar surface area (TPSA) is 29.9 Å². The maximum absolute atomic E-state index is 13.9. The summed E-state index contributed by atoms with van der Waals surface area (Å²) in [7, 11) is 1.97. The monoisotopic (exact) mass is 259 g/mol. The molecule has 1 N–H and O–H groups in total. The predicted octanol–water partition coefficient (Wildman–Crippen LogP) is 3.36. The van der Waals surface area contributed by atoms with Gasteiger partial charge in [-0.3, -0.25) is 4.68 Å². The maximum atomic E-state index is 13.9. The minimum absolute atomic E-state index is 0.160. The van der Waals surface area contributed by atoms with Crippen molar-refractivity contribution in [3.05, 3.63) is 47.0 Å². The number of para-hydroxylation sites is 1. The summed E-state index contributed by atoms with van der Waals surface area (Å²) in [6.45, 7) is 1.93. The van der Waals surface area contributed by atoms with Crippen LogP contribution in [0.3, 0.4) is 0 Å². The van der Waals surface area contributed by atoms with Crippen molar-refractivity contribution in [2.45, 2.75) is 32.2 Å². The minimum Gasteiger partial charge on any atom is -0.376 e. The molecule has 4 heteroatoms. The van der Waals surface area contributed by atoms with Gasteiger partial charge in [0.1, 0.15) is 5.82 Å².